The number of nitrogens with two attached hydrogens (primary N) is 1. The molecule has 0 radical (unpaired) electrons. The van der Waals surface area contributed by atoms with E-state index in [4.69, 9.17) is 17.3 Å². The quantitative estimate of drug-likeness (QED) is 0.659. The van der Waals surface area contributed by atoms with Crippen molar-refractivity contribution in [3.8, 4) is 11.4 Å². The van der Waals surface area contributed by atoms with Gasteiger partial charge in [0.05, 0.1) is 16.1 Å². The molecule has 0 unspecified atom stereocenters. The van der Waals surface area contributed by atoms with Gasteiger partial charge in [-0.05, 0) is 36.4 Å². The molecule has 3 nitrogen and oxygen atoms in total. The van der Waals surface area contributed by atoms with Gasteiger partial charge in [0.1, 0.15) is 5.82 Å². The summed E-state index contributed by atoms with van der Waals surface area (Å²) < 4.78 is 0.960. The van der Waals surface area contributed by atoms with Crippen molar-refractivity contribution in [2.75, 3.05) is 5.73 Å². The number of hydrogen-bond donors (Lipinski definition) is 2. The van der Waals surface area contributed by atoms with Crippen LogP contribution in [0.25, 0.3) is 22.4 Å². The van der Waals surface area contributed by atoms with E-state index in [2.05, 4.69) is 25.9 Å². The molecular weight excluding hydrogens is 314 g/mol. The van der Waals surface area contributed by atoms with Gasteiger partial charge in [-0.2, -0.15) is 0 Å². The van der Waals surface area contributed by atoms with Crippen LogP contribution in [0, 0.1) is 0 Å². The van der Waals surface area contributed by atoms with Crippen LogP contribution < -0.4 is 5.73 Å². The average Bonchev–Trinajstić information content (AvgIpc) is 2.74. The fourth-order valence-corrected chi connectivity index (χ4v) is 2.40. The van der Waals surface area contributed by atoms with Gasteiger partial charge >= 0.3 is 0 Å². The fraction of sp³-hybridized carbons (Fsp3) is 0. The number of aromatic amines is 1. The van der Waals surface area contributed by atoms with Gasteiger partial charge in [-0.15, -0.1) is 0 Å². The molecule has 2 aromatic carbocycles. The first-order valence-corrected chi connectivity index (χ1v) is 6.51. The molecule has 3 aromatic rings. The lowest BCUT2D eigenvalue weighted by Crippen LogP contribution is -1.82. The van der Waals surface area contributed by atoms with Gasteiger partial charge in [0.15, 0.2) is 0 Å². The Morgan fingerprint density at radius 3 is 2.83 bits per heavy atom. The molecule has 3 rings (SSSR count). The third kappa shape index (κ3) is 1.98. The number of anilines is 1. The van der Waals surface area contributed by atoms with Gasteiger partial charge in [0.25, 0.3) is 0 Å². The molecule has 0 saturated heterocycles. The maximum atomic E-state index is 6.18. The predicted molar refractivity (Wildman–Crippen MR) is 78.7 cm³/mol. The Morgan fingerprint density at radius 1 is 1.17 bits per heavy atom. The molecule has 0 atom stereocenters. The minimum absolute atomic E-state index is 0.658. The van der Waals surface area contributed by atoms with E-state index in [1.807, 2.05) is 36.4 Å². The molecule has 0 fully saturated rings. The molecule has 0 aliphatic carbocycles. The van der Waals surface area contributed by atoms with Crippen molar-refractivity contribution in [3.05, 3.63) is 45.9 Å². The number of benzene rings is 2. The van der Waals surface area contributed by atoms with Crippen LogP contribution in [0.5, 0.6) is 0 Å². The van der Waals surface area contributed by atoms with Gasteiger partial charge in [-0.3, -0.25) is 0 Å². The number of imidazole rings is 1. The Hall–Kier alpha value is -1.52. The summed E-state index contributed by atoms with van der Waals surface area (Å²) in [6.45, 7) is 0. The summed E-state index contributed by atoms with van der Waals surface area (Å²) in [5.74, 6) is 0.738. The monoisotopic (exact) mass is 321 g/mol. The highest BCUT2D eigenvalue weighted by atomic mass is 79.9. The maximum Gasteiger partial charge on any atom is 0.140 e. The molecule has 0 aliphatic rings. The van der Waals surface area contributed by atoms with Crippen LogP contribution in [0.2, 0.25) is 5.02 Å². The van der Waals surface area contributed by atoms with Crippen LogP contribution in [0.15, 0.2) is 40.9 Å². The molecule has 0 amide bonds. The van der Waals surface area contributed by atoms with E-state index in [9.17, 15) is 0 Å². The highest BCUT2D eigenvalue weighted by Crippen LogP contribution is 2.30. The highest BCUT2D eigenvalue weighted by molar-refractivity contribution is 9.10. The molecule has 0 aliphatic heterocycles. The average molecular weight is 323 g/mol. The van der Waals surface area contributed by atoms with Gasteiger partial charge in [0, 0.05) is 15.7 Å². The Morgan fingerprint density at radius 2 is 2.00 bits per heavy atom. The zero-order chi connectivity index (χ0) is 12.7. The van der Waals surface area contributed by atoms with Crippen LogP contribution in [-0.4, -0.2) is 9.97 Å². The van der Waals surface area contributed by atoms with Crippen molar-refractivity contribution < 1.29 is 0 Å². The molecule has 5 heteroatoms. The summed E-state index contributed by atoms with van der Waals surface area (Å²) in [6.07, 6.45) is 0. The number of halogens is 2. The molecule has 1 heterocycles. The van der Waals surface area contributed by atoms with Crippen LogP contribution in [0.1, 0.15) is 0 Å². The third-order valence-electron chi connectivity index (χ3n) is 2.69. The standard InChI is InChI=1S/C13H9BrClN3/c14-7-1-3-10(15)9(5-7)13-17-11-4-2-8(16)6-12(11)18-13/h1-6H,16H2,(H,17,18). The van der Waals surface area contributed by atoms with E-state index in [-0.39, 0.29) is 0 Å². The zero-order valence-electron chi connectivity index (χ0n) is 9.24. The number of hydrogen-bond acceptors (Lipinski definition) is 2. The van der Waals surface area contributed by atoms with Gasteiger partial charge in [-0.25, -0.2) is 4.98 Å². The fourth-order valence-electron chi connectivity index (χ4n) is 1.83. The maximum absolute atomic E-state index is 6.18. The topological polar surface area (TPSA) is 54.7 Å². The number of fused-ring (bicyclic) bond motifs is 1. The van der Waals surface area contributed by atoms with Crippen LogP contribution in [-0.2, 0) is 0 Å². The molecule has 0 spiro atoms. The number of nitrogen functional groups attached to an aromatic ring is 1. The molecule has 90 valence electrons. The largest absolute Gasteiger partial charge is 0.399 e. The van der Waals surface area contributed by atoms with E-state index >= 15 is 0 Å². The van der Waals surface area contributed by atoms with Crippen LogP contribution in [0.4, 0.5) is 5.69 Å². The lowest BCUT2D eigenvalue weighted by atomic mass is 10.2. The molecule has 1 aromatic heterocycles. The second kappa shape index (κ2) is 4.30. The van der Waals surface area contributed by atoms with Gasteiger partial charge < -0.3 is 10.7 Å². The molecule has 18 heavy (non-hydrogen) atoms. The normalized spacial score (nSPS) is 11.0. The summed E-state index contributed by atoms with van der Waals surface area (Å²) in [5, 5.41) is 0.658. The smallest absolute Gasteiger partial charge is 0.140 e. The van der Waals surface area contributed by atoms with E-state index in [1.165, 1.54) is 0 Å². The van der Waals surface area contributed by atoms with Crippen LogP contribution in [0.3, 0.4) is 0 Å². The van der Waals surface area contributed by atoms with E-state index < -0.39 is 0 Å². The summed E-state index contributed by atoms with van der Waals surface area (Å²) in [7, 11) is 0. The summed E-state index contributed by atoms with van der Waals surface area (Å²) in [5.41, 5.74) is 9.09. The SMILES string of the molecule is Nc1ccc2nc(-c3cc(Br)ccc3Cl)[nH]c2c1. The minimum Gasteiger partial charge on any atom is -0.399 e. The minimum atomic E-state index is 0.658. The van der Waals surface area contributed by atoms with E-state index in [0.29, 0.717) is 10.7 Å². The Labute approximate surface area is 117 Å². The van der Waals surface area contributed by atoms with Crippen molar-refractivity contribution in [2.24, 2.45) is 0 Å². The van der Waals surface area contributed by atoms with Crippen molar-refractivity contribution in [3.63, 3.8) is 0 Å². The van der Waals surface area contributed by atoms with Gasteiger partial charge in [-0.1, -0.05) is 27.5 Å². The number of H-pyrrole nitrogens is 1. The molecule has 0 saturated carbocycles. The van der Waals surface area contributed by atoms with Crippen molar-refractivity contribution >= 4 is 44.3 Å². The Kier molecular flexibility index (Phi) is 2.76. The Bertz CT molecular complexity index is 736. The first-order chi connectivity index (χ1) is 8.63. The highest BCUT2D eigenvalue weighted by Gasteiger charge is 2.09. The number of aromatic nitrogens is 2. The van der Waals surface area contributed by atoms with E-state index in [0.717, 1.165) is 26.9 Å². The summed E-state index contributed by atoms with van der Waals surface area (Å²) in [6, 6.07) is 11.2. The lowest BCUT2D eigenvalue weighted by Gasteiger charge is -2.00. The molecule has 3 N–H and O–H groups in total. The molecule has 0 bridgehead atoms. The van der Waals surface area contributed by atoms with Crippen molar-refractivity contribution in [2.45, 2.75) is 0 Å². The number of nitrogens with one attached hydrogen (secondary N) is 1. The predicted octanol–water partition coefficient (Wildman–Crippen LogP) is 4.23. The van der Waals surface area contributed by atoms with Crippen molar-refractivity contribution in [1.29, 1.82) is 0 Å². The summed E-state index contributed by atoms with van der Waals surface area (Å²) >= 11 is 9.61. The second-order valence-corrected chi connectivity index (χ2v) is 5.31. The van der Waals surface area contributed by atoms with Gasteiger partial charge in [0.2, 0.25) is 0 Å². The van der Waals surface area contributed by atoms with Crippen LogP contribution >= 0.6 is 27.5 Å². The zero-order valence-corrected chi connectivity index (χ0v) is 11.6. The first kappa shape index (κ1) is 11.6. The Balaban J connectivity index is 2.22. The second-order valence-electron chi connectivity index (χ2n) is 3.99. The summed E-state index contributed by atoms with van der Waals surface area (Å²) in [4.78, 5) is 7.73. The number of rotatable bonds is 1. The van der Waals surface area contributed by atoms with Crippen molar-refractivity contribution in [1.82, 2.24) is 9.97 Å². The molecular formula is C13H9BrClN3. The lowest BCUT2D eigenvalue weighted by molar-refractivity contribution is 1.33. The van der Waals surface area contributed by atoms with E-state index in [1.54, 1.807) is 0 Å². The first-order valence-electron chi connectivity index (χ1n) is 5.34. The third-order valence-corrected chi connectivity index (χ3v) is 3.51. The number of nitrogens with zero attached hydrogens (tertiary/aromatic N) is 1.